The van der Waals surface area contributed by atoms with E-state index in [1.54, 1.807) is 12.1 Å². The van der Waals surface area contributed by atoms with Gasteiger partial charge >= 0.3 is 0 Å². The first-order valence-corrected chi connectivity index (χ1v) is 9.45. The Morgan fingerprint density at radius 2 is 2.04 bits per heavy atom. The van der Waals surface area contributed by atoms with Crippen LogP contribution in [-0.4, -0.2) is 55.4 Å². The van der Waals surface area contributed by atoms with Gasteiger partial charge in [0, 0.05) is 12.1 Å². The van der Waals surface area contributed by atoms with Crippen molar-refractivity contribution in [1.29, 1.82) is 0 Å². The Hall–Kier alpha value is -1.58. The van der Waals surface area contributed by atoms with E-state index in [0.717, 1.165) is 24.2 Å². The standard InChI is InChI=1S/C17H23F2N3O3S/c1-10(20-2)7-23-12-5-11(6-12)8-24-15-4-3-13-16(22-15)26-17(21-13)25-9-14(18)19/h3-4,10-12,14,20H,5-9H2,1-2H3. The highest BCUT2D eigenvalue weighted by atomic mass is 32.1. The largest absolute Gasteiger partial charge is 0.477 e. The highest BCUT2D eigenvalue weighted by molar-refractivity contribution is 7.19. The maximum absolute atomic E-state index is 12.2. The summed E-state index contributed by atoms with van der Waals surface area (Å²) in [6, 6.07) is 3.85. The highest BCUT2D eigenvalue weighted by Gasteiger charge is 2.30. The summed E-state index contributed by atoms with van der Waals surface area (Å²) in [5, 5.41) is 3.34. The van der Waals surface area contributed by atoms with E-state index in [-0.39, 0.29) is 5.19 Å². The SMILES string of the molecule is CNC(C)COC1CC(COc2ccc3nc(OCC(F)F)sc3n2)C1. The van der Waals surface area contributed by atoms with Gasteiger partial charge in [-0.3, -0.25) is 0 Å². The van der Waals surface area contributed by atoms with Crippen LogP contribution in [-0.2, 0) is 4.74 Å². The lowest BCUT2D eigenvalue weighted by Crippen LogP contribution is -2.38. The third-order valence-corrected chi connectivity index (χ3v) is 5.15. The molecule has 1 atom stereocenters. The zero-order valence-electron chi connectivity index (χ0n) is 14.8. The van der Waals surface area contributed by atoms with E-state index in [4.69, 9.17) is 14.2 Å². The molecule has 0 aromatic carbocycles. The molecule has 9 heteroatoms. The van der Waals surface area contributed by atoms with E-state index in [2.05, 4.69) is 22.2 Å². The molecule has 144 valence electrons. The number of thiazole rings is 1. The first kappa shape index (κ1) is 19.2. The number of halogens is 2. The fourth-order valence-electron chi connectivity index (χ4n) is 2.57. The monoisotopic (exact) mass is 387 g/mol. The summed E-state index contributed by atoms with van der Waals surface area (Å²) in [6.07, 6.45) is -0.230. The number of fused-ring (bicyclic) bond motifs is 1. The highest BCUT2D eigenvalue weighted by Crippen LogP contribution is 2.32. The lowest BCUT2D eigenvalue weighted by Gasteiger charge is -2.35. The molecule has 2 heterocycles. The van der Waals surface area contributed by atoms with Crippen molar-refractivity contribution in [3.63, 3.8) is 0 Å². The summed E-state index contributed by atoms with van der Waals surface area (Å²) in [6.45, 7) is 2.73. The summed E-state index contributed by atoms with van der Waals surface area (Å²) in [7, 11) is 1.92. The second-order valence-electron chi connectivity index (χ2n) is 6.45. The molecule has 2 aromatic heterocycles. The van der Waals surface area contributed by atoms with Crippen molar-refractivity contribution in [3.8, 4) is 11.1 Å². The Kier molecular flexibility index (Phi) is 6.55. The van der Waals surface area contributed by atoms with Gasteiger partial charge in [-0.15, -0.1) is 0 Å². The fraction of sp³-hybridized carbons (Fsp3) is 0.647. The first-order chi connectivity index (χ1) is 12.5. The van der Waals surface area contributed by atoms with Crippen molar-refractivity contribution in [2.45, 2.75) is 38.3 Å². The van der Waals surface area contributed by atoms with E-state index < -0.39 is 13.0 Å². The first-order valence-electron chi connectivity index (χ1n) is 8.63. The van der Waals surface area contributed by atoms with Crippen LogP contribution in [0.2, 0.25) is 0 Å². The van der Waals surface area contributed by atoms with Crippen molar-refractivity contribution in [2.24, 2.45) is 5.92 Å². The molecule has 3 rings (SSSR count). The van der Waals surface area contributed by atoms with Gasteiger partial charge in [-0.1, -0.05) is 11.3 Å². The third-order valence-electron chi connectivity index (χ3n) is 4.28. The summed E-state index contributed by atoms with van der Waals surface area (Å²) < 4.78 is 40.9. The van der Waals surface area contributed by atoms with Crippen LogP contribution in [0.3, 0.4) is 0 Å². The molecule has 2 aromatic rings. The van der Waals surface area contributed by atoms with Crippen LogP contribution < -0.4 is 14.8 Å². The average molecular weight is 387 g/mol. The maximum Gasteiger partial charge on any atom is 0.276 e. The van der Waals surface area contributed by atoms with E-state index in [1.807, 2.05) is 7.05 Å². The molecule has 6 nitrogen and oxygen atoms in total. The molecule has 1 N–H and O–H groups in total. The van der Waals surface area contributed by atoms with Crippen molar-refractivity contribution in [3.05, 3.63) is 12.1 Å². The summed E-state index contributed by atoms with van der Waals surface area (Å²) >= 11 is 1.14. The van der Waals surface area contributed by atoms with Gasteiger partial charge < -0.3 is 19.5 Å². The number of hydrogen-bond donors (Lipinski definition) is 1. The summed E-state index contributed by atoms with van der Waals surface area (Å²) in [5.41, 5.74) is 0.613. The van der Waals surface area contributed by atoms with Crippen molar-refractivity contribution in [2.75, 3.05) is 26.9 Å². The van der Waals surface area contributed by atoms with Crippen LogP contribution >= 0.6 is 11.3 Å². The molecule has 0 saturated heterocycles. The predicted molar refractivity (Wildman–Crippen MR) is 95.4 cm³/mol. The molecule has 1 aliphatic carbocycles. The van der Waals surface area contributed by atoms with Crippen molar-refractivity contribution < 1.29 is 23.0 Å². The lowest BCUT2D eigenvalue weighted by molar-refractivity contribution is -0.0473. The van der Waals surface area contributed by atoms with E-state index >= 15 is 0 Å². The minimum atomic E-state index is -2.52. The van der Waals surface area contributed by atoms with E-state index in [9.17, 15) is 8.78 Å². The topological polar surface area (TPSA) is 65.5 Å². The molecule has 1 aliphatic rings. The van der Waals surface area contributed by atoms with Gasteiger partial charge in [0.1, 0.15) is 5.52 Å². The third kappa shape index (κ3) is 5.21. The minimum Gasteiger partial charge on any atom is -0.477 e. The number of pyridine rings is 1. The van der Waals surface area contributed by atoms with E-state index in [1.165, 1.54) is 0 Å². The van der Waals surface area contributed by atoms with Gasteiger partial charge in [-0.05, 0) is 38.8 Å². The van der Waals surface area contributed by atoms with Crippen LogP contribution in [0, 0.1) is 5.92 Å². The molecule has 0 bridgehead atoms. The molecule has 1 fully saturated rings. The van der Waals surface area contributed by atoms with Crippen LogP contribution in [0.4, 0.5) is 8.78 Å². The molecule has 0 aliphatic heterocycles. The van der Waals surface area contributed by atoms with Crippen molar-refractivity contribution in [1.82, 2.24) is 15.3 Å². The lowest BCUT2D eigenvalue weighted by atomic mass is 9.83. The maximum atomic E-state index is 12.2. The Labute approximate surface area is 154 Å². The number of rotatable bonds is 10. The second-order valence-corrected chi connectivity index (χ2v) is 7.39. The van der Waals surface area contributed by atoms with Gasteiger partial charge in [-0.2, -0.15) is 0 Å². The van der Waals surface area contributed by atoms with E-state index in [0.29, 0.717) is 47.5 Å². The zero-order valence-corrected chi connectivity index (χ0v) is 15.6. The fourth-order valence-corrected chi connectivity index (χ4v) is 3.36. The quantitative estimate of drug-likeness (QED) is 0.676. The number of likely N-dealkylation sites (N-methyl/N-ethyl adjacent to an activating group) is 1. The molecular weight excluding hydrogens is 364 g/mol. The predicted octanol–water partition coefficient (Wildman–Crippen LogP) is 3.12. The van der Waals surface area contributed by atoms with Gasteiger partial charge in [-0.25, -0.2) is 18.7 Å². The smallest absolute Gasteiger partial charge is 0.276 e. The Bertz CT molecular complexity index is 710. The Morgan fingerprint density at radius 3 is 2.77 bits per heavy atom. The Balaban J connectivity index is 1.43. The van der Waals surface area contributed by atoms with Crippen molar-refractivity contribution >= 4 is 21.7 Å². The number of nitrogens with zero attached hydrogens (tertiary/aromatic N) is 2. The summed E-state index contributed by atoms with van der Waals surface area (Å²) in [5.74, 6) is 0.975. The molecule has 1 unspecified atom stereocenters. The van der Waals surface area contributed by atoms with Gasteiger partial charge in [0.25, 0.3) is 11.6 Å². The molecule has 0 amide bonds. The normalized spacial score (nSPS) is 21.0. The number of nitrogens with one attached hydrogen (secondary N) is 1. The van der Waals surface area contributed by atoms with Crippen LogP contribution in [0.15, 0.2) is 12.1 Å². The number of alkyl halides is 2. The van der Waals surface area contributed by atoms with Crippen LogP contribution in [0.1, 0.15) is 19.8 Å². The second kappa shape index (κ2) is 8.88. The zero-order chi connectivity index (χ0) is 18.5. The Morgan fingerprint density at radius 1 is 1.23 bits per heavy atom. The number of aromatic nitrogens is 2. The molecule has 0 radical (unpaired) electrons. The average Bonchev–Trinajstić information content (AvgIpc) is 3.00. The number of ether oxygens (including phenoxy) is 3. The van der Waals surface area contributed by atoms with Crippen LogP contribution in [0.25, 0.3) is 10.3 Å². The van der Waals surface area contributed by atoms with Gasteiger partial charge in [0.2, 0.25) is 5.88 Å². The van der Waals surface area contributed by atoms with Gasteiger partial charge in [0.15, 0.2) is 11.4 Å². The molecule has 1 saturated carbocycles. The summed E-state index contributed by atoms with van der Waals surface area (Å²) in [4.78, 5) is 9.11. The molecular formula is C17H23F2N3O3S. The minimum absolute atomic E-state index is 0.194. The molecule has 26 heavy (non-hydrogen) atoms. The molecule has 0 spiro atoms. The van der Waals surface area contributed by atoms with Crippen LogP contribution in [0.5, 0.6) is 11.1 Å². The van der Waals surface area contributed by atoms with Gasteiger partial charge in [0.05, 0.1) is 19.3 Å². The number of hydrogen-bond acceptors (Lipinski definition) is 7.